The lowest BCUT2D eigenvalue weighted by molar-refractivity contribution is -0.129. The minimum absolute atomic E-state index is 0.0101. The molecule has 1 aliphatic carbocycles. The van der Waals surface area contributed by atoms with Crippen molar-refractivity contribution >= 4 is 17.5 Å². The van der Waals surface area contributed by atoms with Gasteiger partial charge in [-0.25, -0.2) is 0 Å². The first kappa shape index (κ1) is 23.4. The number of amides is 2. The monoisotopic (exact) mass is 447 g/mol. The van der Waals surface area contributed by atoms with Crippen molar-refractivity contribution in [3.05, 3.63) is 47.5 Å². The van der Waals surface area contributed by atoms with Crippen LogP contribution in [0.1, 0.15) is 50.2 Å². The van der Waals surface area contributed by atoms with Gasteiger partial charge in [-0.15, -0.1) is 0 Å². The zero-order valence-corrected chi connectivity index (χ0v) is 18.2. The first-order chi connectivity index (χ1) is 15.2. The summed E-state index contributed by atoms with van der Waals surface area (Å²) in [5, 5.41) is 2.72. The molecule has 0 aliphatic heterocycles. The topological polar surface area (TPSA) is 104 Å². The summed E-state index contributed by atoms with van der Waals surface area (Å²) in [5.41, 5.74) is 6.30. The molecule has 2 aromatic rings. The highest BCUT2D eigenvalue weighted by atomic mass is 19.3. The third-order valence-corrected chi connectivity index (χ3v) is 5.79. The predicted octanol–water partition coefficient (Wildman–Crippen LogP) is 3.98. The summed E-state index contributed by atoms with van der Waals surface area (Å²) >= 11 is 0. The average Bonchev–Trinajstić information content (AvgIpc) is 2.70. The van der Waals surface area contributed by atoms with Crippen molar-refractivity contribution in [3.63, 3.8) is 0 Å². The molecular weight excluding hydrogens is 420 g/mol. The maximum absolute atomic E-state index is 13.6. The molecule has 7 nitrogen and oxygen atoms in total. The van der Waals surface area contributed by atoms with E-state index in [4.69, 9.17) is 10.5 Å². The number of carbonyl (C=O) groups excluding carboxylic acids is 2. The maximum Gasteiger partial charge on any atom is 0.388 e. The van der Waals surface area contributed by atoms with Gasteiger partial charge in [-0.2, -0.15) is 13.8 Å². The maximum atomic E-state index is 13.6. The summed E-state index contributed by atoms with van der Waals surface area (Å²) in [6, 6.07) is 10.5. The normalized spacial score (nSPS) is 20.0. The van der Waals surface area contributed by atoms with Crippen LogP contribution in [0.25, 0.3) is 0 Å². The molecule has 0 radical (unpaired) electrons. The Morgan fingerprint density at radius 3 is 2.50 bits per heavy atom. The molecule has 0 spiro atoms. The van der Waals surface area contributed by atoms with Gasteiger partial charge >= 0.3 is 6.61 Å². The van der Waals surface area contributed by atoms with Crippen molar-refractivity contribution in [1.29, 1.82) is 0 Å². The number of alkyl halides is 2. The fourth-order valence-corrected chi connectivity index (χ4v) is 4.37. The summed E-state index contributed by atoms with van der Waals surface area (Å²) in [6.45, 7) is 0.947. The number of anilines is 1. The molecule has 0 saturated heterocycles. The van der Waals surface area contributed by atoms with Crippen LogP contribution in [0, 0.1) is 5.92 Å². The summed E-state index contributed by atoms with van der Waals surface area (Å²) in [5.74, 6) is -1.04. The van der Waals surface area contributed by atoms with Crippen molar-refractivity contribution in [3.8, 4) is 11.8 Å². The van der Waals surface area contributed by atoms with Crippen molar-refractivity contribution in [2.45, 2.75) is 51.1 Å². The molecule has 2 amide bonds. The number of ether oxygens (including phenoxy) is 2. The van der Waals surface area contributed by atoms with Crippen LogP contribution in [-0.2, 0) is 15.0 Å². The molecule has 1 fully saturated rings. The summed E-state index contributed by atoms with van der Waals surface area (Å²) in [7, 11) is 1.35. The zero-order chi connectivity index (χ0) is 23.5. The van der Waals surface area contributed by atoms with Gasteiger partial charge in [0.15, 0.2) is 0 Å². The number of nitrogens with two attached hydrogens (primary N) is 1. The molecule has 1 aromatic carbocycles. The summed E-state index contributed by atoms with van der Waals surface area (Å²) in [6.07, 6.45) is 1.02. The first-order valence-corrected chi connectivity index (χ1v) is 10.3. The second-order valence-corrected chi connectivity index (χ2v) is 8.31. The van der Waals surface area contributed by atoms with E-state index in [2.05, 4.69) is 15.0 Å². The molecule has 0 unspecified atom stereocenters. The second-order valence-electron chi connectivity index (χ2n) is 8.31. The van der Waals surface area contributed by atoms with Crippen LogP contribution in [0.5, 0.6) is 11.8 Å². The molecule has 1 saturated carbocycles. The van der Waals surface area contributed by atoms with Crippen LogP contribution in [0.2, 0.25) is 0 Å². The Morgan fingerprint density at radius 2 is 1.91 bits per heavy atom. The van der Waals surface area contributed by atoms with Gasteiger partial charge in [0, 0.05) is 12.5 Å². The van der Waals surface area contributed by atoms with E-state index in [0.717, 1.165) is 11.1 Å². The molecule has 1 aromatic heterocycles. The van der Waals surface area contributed by atoms with Gasteiger partial charge in [0.1, 0.15) is 5.69 Å². The number of halogens is 2. The SMILES string of the molecule is COc1ccc(NC(=O)C2(c3ccccc3C(C)C)CC(CC(N)=O)C2)c(OC(F)F)n1. The molecule has 1 heterocycles. The molecule has 9 heteroatoms. The van der Waals surface area contributed by atoms with Gasteiger partial charge in [-0.3, -0.25) is 9.59 Å². The van der Waals surface area contributed by atoms with E-state index in [1.54, 1.807) is 0 Å². The number of rotatable bonds is 9. The Kier molecular flexibility index (Phi) is 6.96. The third-order valence-electron chi connectivity index (χ3n) is 5.79. The second kappa shape index (κ2) is 9.50. The standard InChI is InChI=1S/C23H27F2N3O4/c1-13(2)15-6-4-5-7-16(15)23(11-14(12-23)10-18(26)29)21(30)27-17-8-9-19(31-3)28-20(17)32-22(24)25/h4-9,13-14,22H,10-12H2,1-3H3,(H2,26,29)(H,27,30). The van der Waals surface area contributed by atoms with Crippen LogP contribution >= 0.6 is 0 Å². The third kappa shape index (κ3) is 4.81. The fourth-order valence-electron chi connectivity index (χ4n) is 4.37. The van der Waals surface area contributed by atoms with E-state index in [1.165, 1.54) is 19.2 Å². The van der Waals surface area contributed by atoms with Gasteiger partial charge in [0.25, 0.3) is 0 Å². The smallest absolute Gasteiger partial charge is 0.388 e. The average molecular weight is 447 g/mol. The Bertz CT molecular complexity index is 991. The number of aromatic nitrogens is 1. The van der Waals surface area contributed by atoms with E-state index in [9.17, 15) is 18.4 Å². The fraction of sp³-hybridized carbons (Fsp3) is 0.435. The molecule has 32 heavy (non-hydrogen) atoms. The number of nitrogens with one attached hydrogen (secondary N) is 1. The van der Waals surface area contributed by atoms with Crippen LogP contribution in [0.15, 0.2) is 36.4 Å². The lowest BCUT2D eigenvalue weighted by atomic mass is 9.56. The van der Waals surface area contributed by atoms with Crippen molar-refractivity contribution in [1.82, 2.24) is 4.98 Å². The van der Waals surface area contributed by atoms with Gasteiger partial charge in [-0.05, 0) is 41.9 Å². The molecule has 172 valence electrons. The lowest BCUT2D eigenvalue weighted by Gasteiger charge is -2.47. The largest absolute Gasteiger partial charge is 0.481 e. The Hall–Kier alpha value is -3.23. The highest BCUT2D eigenvalue weighted by molar-refractivity contribution is 6.01. The molecular formula is C23H27F2N3O4. The summed E-state index contributed by atoms with van der Waals surface area (Å²) in [4.78, 5) is 28.9. The van der Waals surface area contributed by atoms with Crippen LogP contribution < -0.4 is 20.5 Å². The zero-order valence-electron chi connectivity index (χ0n) is 18.2. The lowest BCUT2D eigenvalue weighted by Crippen LogP contribution is -2.52. The van der Waals surface area contributed by atoms with E-state index in [-0.39, 0.29) is 35.7 Å². The van der Waals surface area contributed by atoms with E-state index >= 15 is 0 Å². The van der Waals surface area contributed by atoms with Crippen molar-refractivity contribution in [2.75, 3.05) is 12.4 Å². The van der Waals surface area contributed by atoms with Gasteiger partial charge in [0.2, 0.25) is 23.6 Å². The van der Waals surface area contributed by atoms with Crippen molar-refractivity contribution < 1.29 is 27.8 Å². The quantitative estimate of drug-likeness (QED) is 0.605. The molecule has 3 N–H and O–H groups in total. The number of carbonyl (C=O) groups is 2. The van der Waals surface area contributed by atoms with Crippen LogP contribution in [-0.4, -0.2) is 30.5 Å². The van der Waals surface area contributed by atoms with Crippen LogP contribution in [0.4, 0.5) is 14.5 Å². The number of primary amides is 1. The minimum atomic E-state index is -3.12. The number of benzene rings is 1. The van der Waals surface area contributed by atoms with E-state index in [0.29, 0.717) is 12.8 Å². The number of nitrogens with zero attached hydrogens (tertiary/aromatic N) is 1. The molecule has 0 bridgehead atoms. The Labute approximate surface area is 185 Å². The predicted molar refractivity (Wildman–Crippen MR) is 115 cm³/mol. The number of hydrogen-bond acceptors (Lipinski definition) is 5. The Morgan fingerprint density at radius 1 is 1.22 bits per heavy atom. The number of hydrogen-bond donors (Lipinski definition) is 2. The van der Waals surface area contributed by atoms with Gasteiger partial charge in [0.05, 0.1) is 12.5 Å². The van der Waals surface area contributed by atoms with Crippen molar-refractivity contribution in [2.24, 2.45) is 11.7 Å². The number of pyridine rings is 1. The van der Waals surface area contributed by atoms with Crippen LogP contribution in [0.3, 0.4) is 0 Å². The molecule has 0 atom stereocenters. The molecule has 3 rings (SSSR count). The van der Waals surface area contributed by atoms with E-state index < -0.39 is 23.8 Å². The van der Waals surface area contributed by atoms with Gasteiger partial charge < -0.3 is 20.5 Å². The number of methoxy groups -OCH3 is 1. The highest BCUT2D eigenvalue weighted by Gasteiger charge is 2.52. The first-order valence-electron chi connectivity index (χ1n) is 10.3. The minimum Gasteiger partial charge on any atom is -0.481 e. The van der Waals surface area contributed by atoms with Gasteiger partial charge in [-0.1, -0.05) is 38.1 Å². The highest BCUT2D eigenvalue weighted by Crippen LogP contribution is 2.52. The van der Waals surface area contributed by atoms with E-state index in [1.807, 2.05) is 38.1 Å². The summed E-state index contributed by atoms with van der Waals surface area (Å²) < 4.78 is 35.3. The Balaban J connectivity index is 1.97. The molecule has 1 aliphatic rings.